The van der Waals surface area contributed by atoms with Gasteiger partial charge in [0.25, 0.3) is 0 Å². The Kier molecular flexibility index (Phi) is 2.96. The molecule has 0 amide bonds. The van der Waals surface area contributed by atoms with Crippen LogP contribution in [0, 0.1) is 6.92 Å². The lowest BCUT2D eigenvalue weighted by Gasteiger charge is -2.06. The van der Waals surface area contributed by atoms with E-state index in [0.717, 1.165) is 11.5 Å². The summed E-state index contributed by atoms with van der Waals surface area (Å²) in [6.07, 6.45) is 3.86. The van der Waals surface area contributed by atoms with E-state index >= 15 is 0 Å². The maximum absolute atomic E-state index is 5.54. The molecule has 0 aromatic carbocycles. The second-order valence-corrected chi connectivity index (χ2v) is 3.45. The number of imidazole rings is 1. The van der Waals surface area contributed by atoms with Gasteiger partial charge in [0, 0.05) is 18.4 Å². The van der Waals surface area contributed by atoms with Crippen LogP contribution in [-0.4, -0.2) is 22.8 Å². The Balaban J connectivity index is 2.73. The van der Waals surface area contributed by atoms with Gasteiger partial charge in [0.15, 0.2) is 0 Å². The smallest absolute Gasteiger partial charge is 0.120 e. The van der Waals surface area contributed by atoms with E-state index in [-0.39, 0.29) is 0 Å². The zero-order valence-corrected chi connectivity index (χ0v) is 7.61. The molecule has 0 bridgehead atoms. The van der Waals surface area contributed by atoms with Crippen LogP contribution in [0.5, 0.6) is 0 Å². The van der Waals surface area contributed by atoms with Crippen molar-refractivity contribution in [2.45, 2.75) is 12.2 Å². The average Bonchev–Trinajstić information content (AvgIpc) is 2.39. The predicted molar refractivity (Wildman–Crippen MR) is 48.6 cm³/mol. The molecule has 0 aliphatic heterocycles. The zero-order valence-electron chi connectivity index (χ0n) is 6.79. The van der Waals surface area contributed by atoms with Crippen LogP contribution in [0.2, 0.25) is 0 Å². The molecule has 4 heteroatoms. The summed E-state index contributed by atoms with van der Waals surface area (Å²) in [4.78, 5) is 7.37. The molecule has 3 nitrogen and oxygen atoms in total. The third kappa shape index (κ3) is 1.97. The molecule has 0 aliphatic rings. The number of aromatic amines is 1. The van der Waals surface area contributed by atoms with Crippen LogP contribution in [0.4, 0.5) is 0 Å². The minimum atomic E-state index is 0.309. The maximum atomic E-state index is 5.54. The first kappa shape index (κ1) is 8.62. The topological polar surface area (TPSA) is 54.7 Å². The first-order valence-corrected chi connectivity index (χ1v) is 4.81. The number of thioether (sulfide) groups is 1. The van der Waals surface area contributed by atoms with E-state index in [1.165, 1.54) is 0 Å². The molecule has 0 saturated carbocycles. The molecule has 1 atom stereocenters. The Morgan fingerprint density at radius 3 is 2.91 bits per heavy atom. The van der Waals surface area contributed by atoms with Crippen molar-refractivity contribution >= 4 is 11.8 Å². The van der Waals surface area contributed by atoms with Crippen molar-refractivity contribution in [1.82, 2.24) is 9.97 Å². The summed E-state index contributed by atoms with van der Waals surface area (Å²) in [6, 6.07) is 0. The average molecular weight is 171 g/mol. The first-order valence-electron chi connectivity index (χ1n) is 3.52. The lowest BCUT2D eigenvalue weighted by molar-refractivity contribution is 0.870. The highest BCUT2D eigenvalue weighted by Gasteiger charge is 2.09. The molecule has 0 fully saturated rings. The van der Waals surface area contributed by atoms with Gasteiger partial charge < -0.3 is 10.7 Å². The normalized spacial score (nSPS) is 13.4. The number of aryl methyl sites for hydroxylation is 1. The van der Waals surface area contributed by atoms with E-state index in [1.807, 2.05) is 19.4 Å². The van der Waals surface area contributed by atoms with Crippen molar-refractivity contribution in [1.29, 1.82) is 0 Å². The highest BCUT2D eigenvalue weighted by Crippen LogP contribution is 2.21. The summed E-state index contributed by atoms with van der Waals surface area (Å²) >= 11 is 1.72. The molecule has 1 aromatic rings. The largest absolute Gasteiger partial charge is 0.345 e. The van der Waals surface area contributed by atoms with Crippen LogP contribution in [0.25, 0.3) is 0 Å². The monoisotopic (exact) mass is 171 g/mol. The van der Waals surface area contributed by atoms with Gasteiger partial charge >= 0.3 is 0 Å². The number of hydrogen-bond acceptors (Lipinski definition) is 3. The fraction of sp³-hybridized carbons (Fsp3) is 0.571. The van der Waals surface area contributed by atoms with Gasteiger partial charge in [0.1, 0.15) is 5.82 Å². The molecule has 11 heavy (non-hydrogen) atoms. The van der Waals surface area contributed by atoms with Crippen LogP contribution in [0.3, 0.4) is 0 Å². The van der Waals surface area contributed by atoms with Crippen LogP contribution in [-0.2, 0) is 0 Å². The van der Waals surface area contributed by atoms with E-state index in [1.54, 1.807) is 11.8 Å². The Bertz CT molecular complexity index is 217. The third-order valence-electron chi connectivity index (χ3n) is 1.53. The van der Waals surface area contributed by atoms with E-state index in [9.17, 15) is 0 Å². The molecule has 0 aliphatic carbocycles. The van der Waals surface area contributed by atoms with Gasteiger partial charge in [-0.3, -0.25) is 0 Å². The van der Waals surface area contributed by atoms with Crippen molar-refractivity contribution in [2.75, 3.05) is 12.8 Å². The molecule has 3 N–H and O–H groups in total. The van der Waals surface area contributed by atoms with Gasteiger partial charge in [-0.2, -0.15) is 11.8 Å². The van der Waals surface area contributed by atoms with Gasteiger partial charge in [-0.25, -0.2) is 4.98 Å². The van der Waals surface area contributed by atoms with E-state index in [2.05, 4.69) is 9.97 Å². The summed E-state index contributed by atoms with van der Waals surface area (Å²) in [5.41, 5.74) is 6.63. The number of nitrogens with two attached hydrogens (primary N) is 1. The fourth-order valence-corrected chi connectivity index (χ4v) is 1.45. The van der Waals surface area contributed by atoms with Crippen molar-refractivity contribution in [3.05, 3.63) is 17.7 Å². The number of hydrogen-bond donors (Lipinski definition) is 2. The summed E-state index contributed by atoms with van der Waals surface area (Å²) in [5, 5.41) is 0.309. The highest BCUT2D eigenvalue weighted by atomic mass is 32.2. The summed E-state index contributed by atoms with van der Waals surface area (Å²) < 4.78 is 0. The van der Waals surface area contributed by atoms with Crippen LogP contribution in [0.15, 0.2) is 6.20 Å². The molecule has 1 aromatic heterocycles. The predicted octanol–water partition coefficient (Wildman–Crippen LogP) is 1.08. The van der Waals surface area contributed by atoms with Crippen LogP contribution >= 0.6 is 11.8 Å². The Hall–Kier alpha value is -0.480. The molecular formula is C7H13N3S. The first-order chi connectivity index (χ1) is 5.27. The van der Waals surface area contributed by atoms with E-state index in [0.29, 0.717) is 11.8 Å². The summed E-state index contributed by atoms with van der Waals surface area (Å²) in [5.74, 6) is 0.984. The van der Waals surface area contributed by atoms with Crippen LogP contribution in [0.1, 0.15) is 16.8 Å². The zero-order chi connectivity index (χ0) is 8.27. The minimum Gasteiger partial charge on any atom is -0.345 e. The minimum absolute atomic E-state index is 0.309. The van der Waals surface area contributed by atoms with Crippen molar-refractivity contribution in [2.24, 2.45) is 5.73 Å². The molecule has 1 heterocycles. The molecule has 1 rings (SSSR count). The lowest BCUT2D eigenvalue weighted by Crippen LogP contribution is -2.10. The Morgan fingerprint density at radius 1 is 1.82 bits per heavy atom. The second-order valence-electron chi connectivity index (χ2n) is 2.41. The number of nitrogens with one attached hydrogen (secondary N) is 1. The highest BCUT2D eigenvalue weighted by molar-refractivity contribution is 7.98. The van der Waals surface area contributed by atoms with E-state index < -0.39 is 0 Å². The maximum Gasteiger partial charge on any atom is 0.120 e. The van der Waals surface area contributed by atoms with Crippen molar-refractivity contribution < 1.29 is 0 Å². The van der Waals surface area contributed by atoms with Gasteiger partial charge in [-0.15, -0.1) is 0 Å². The van der Waals surface area contributed by atoms with Gasteiger partial charge in [-0.1, -0.05) is 0 Å². The molecule has 1 unspecified atom stereocenters. The number of nitrogens with zero attached hydrogens (tertiary/aromatic N) is 1. The van der Waals surface area contributed by atoms with Crippen molar-refractivity contribution in [3.8, 4) is 0 Å². The number of H-pyrrole nitrogens is 1. The fourth-order valence-electron chi connectivity index (χ4n) is 0.916. The third-order valence-corrected chi connectivity index (χ3v) is 2.51. The standard InChI is InChI=1S/C7H13N3S/c1-5-4-9-7(10-5)6(3-8)11-2/h4,6H,3,8H2,1-2H3,(H,9,10). The van der Waals surface area contributed by atoms with Crippen LogP contribution < -0.4 is 5.73 Å². The molecule has 62 valence electrons. The Labute approximate surface area is 70.8 Å². The quantitative estimate of drug-likeness (QED) is 0.715. The summed E-state index contributed by atoms with van der Waals surface area (Å²) in [7, 11) is 0. The number of rotatable bonds is 3. The molecule has 0 saturated heterocycles. The van der Waals surface area contributed by atoms with Gasteiger partial charge in [0.05, 0.1) is 5.25 Å². The Morgan fingerprint density at radius 2 is 2.55 bits per heavy atom. The van der Waals surface area contributed by atoms with Gasteiger partial charge in [0.2, 0.25) is 0 Å². The van der Waals surface area contributed by atoms with E-state index in [4.69, 9.17) is 5.73 Å². The summed E-state index contributed by atoms with van der Waals surface area (Å²) in [6.45, 7) is 2.62. The number of aromatic nitrogens is 2. The molecular weight excluding hydrogens is 158 g/mol. The van der Waals surface area contributed by atoms with Gasteiger partial charge in [-0.05, 0) is 13.2 Å². The second kappa shape index (κ2) is 3.78. The van der Waals surface area contributed by atoms with Crippen molar-refractivity contribution in [3.63, 3.8) is 0 Å². The molecule has 0 spiro atoms. The SMILES string of the molecule is CSC(CN)c1ncc(C)[nH]1. The molecule has 0 radical (unpaired) electrons. The lowest BCUT2D eigenvalue weighted by atomic mass is 10.4.